The van der Waals surface area contributed by atoms with Crippen LogP contribution in [0.1, 0.15) is 47.3 Å². The SMILES string of the molecule is CC1c2ccccc2CN1CC1CCN(CC(=O)c2ccc(F)cc2)CC1. The smallest absolute Gasteiger partial charge is 0.176 e. The Morgan fingerprint density at radius 1 is 1.07 bits per heavy atom. The summed E-state index contributed by atoms with van der Waals surface area (Å²) in [4.78, 5) is 17.2. The van der Waals surface area contributed by atoms with Gasteiger partial charge in [-0.3, -0.25) is 14.6 Å². The lowest BCUT2D eigenvalue weighted by atomic mass is 9.95. The Morgan fingerprint density at radius 3 is 2.48 bits per heavy atom. The van der Waals surface area contributed by atoms with Crippen LogP contribution in [0.5, 0.6) is 0 Å². The first-order chi connectivity index (χ1) is 13.1. The molecule has 142 valence electrons. The number of likely N-dealkylation sites (tertiary alicyclic amines) is 1. The minimum Gasteiger partial charge on any atom is -0.296 e. The van der Waals surface area contributed by atoms with Crippen LogP contribution in [0, 0.1) is 11.7 Å². The second-order valence-corrected chi connectivity index (χ2v) is 7.95. The van der Waals surface area contributed by atoms with Crippen LogP contribution in [0.4, 0.5) is 4.39 Å². The van der Waals surface area contributed by atoms with E-state index in [1.54, 1.807) is 12.1 Å². The van der Waals surface area contributed by atoms with Gasteiger partial charge in [-0.2, -0.15) is 0 Å². The summed E-state index contributed by atoms with van der Waals surface area (Å²) >= 11 is 0. The van der Waals surface area contributed by atoms with E-state index in [1.807, 2.05) is 0 Å². The number of carbonyl (C=O) groups is 1. The monoisotopic (exact) mass is 366 g/mol. The van der Waals surface area contributed by atoms with Gasteiger partial charge in [-0.25, -0.2) is 4.39 Å². The average molecular weight is 366 g/mol. The van der Waals surface area contributed by atoms with Gasteiger partial charge in [0.2, 0.25) is 0 Å². The lowest BCUT2D eigenvalue weighted by molar-refractivity contribution is 0.0864. The molecule has 1 saturated heterocycles. The van der Waals surface area contributed by atoms with Crippen molar-refractivity contribution in [2.75, 3.05) is 26.2 Å². The molecular weight excluding hydrogens is 339 g/mol. The highest BCUT2D eigenvalue weighted by molar-refractivity contribution is 5.97. The summed E-state index contributed by atoms with van der Waals surface area (Å²) < 4.78 is 13.0. The lowest BCUT2D eigenvalue weighted by Gasteiger charge is -2.34. The van der Waals surface area contributed by atoms with Crippen LogP contribution < -0.4 is 0 Å². The molecule has 2 aliphatic rings. The molecule has 2 aromatic carbocycles. The number of benzene rings is 2. The molecule has 1 unspecified atom stereocenters. The van der Waals surface area contributed by atoms with Gasteiger partial charge in [0.25, 0.3) is 0 Å². The highest BCUT2D eigenvalue weighted by Gasteiger charge is 2.29. The van der Waals surface area contributed by atoms with Crippen molar-refractivity contribution in [2.24, 2.45) is 5.92 Å². The number of carbonyl (C=O) groups excluding carboxylic acids is 1. The largest absolute Gasteiger partial charge is 0.296 e. The molecule has 0 aromatic heterocycles. The molecule has 0 radical (unpaired) electrons. The molecule has 1 atom stereocenters. The number of nitrogens with zero attached hydrogens (tertiary/aromatic N) is 2. The van der Waals surface area contributed by atoms with Gasteiger partial charge in [-0.1, -0.05) is 24.3 Å². The van der Waals surface area contributed by atoms with Crippen molar-refractivity contribution < 1.29 is 9.18 Å². The first-order valence-corrected chi connectivity index (χ1v) is 9.93. The van der Waals surface area contributed by atoms with E-state index >= 15 is 0 Å². The quantitative estimate of drug-likeness (QED) is 0.737. The van der Waals surface area contributed by atoms with Crippen molar-refractivity contribution in [1.29, 1.82) is 0 Å². The van der Waals surface area contributed by atoms with Crippen molar-refractivity contribution >= 4 is 5.78 Å². The molecule has 3 nitrogen and oxygen atoms in total. The Morgan fingerprint density at radius 2 is 1.78 bits per heavy atom. The molecule has 27 heavy (non-hydrogen) atoms. The predicted molar refractivity (Wildman–Crippen MR) is 105 cm³/mol. The summed E-state index contributed by atoms with van der Waals surface area (Å²) in [6.07, 6.45) is 2.27. The number of hydrogen-bond donors (Lipinski definition) is 0. The number of piperidine rings is 1. The fourth-order valence-electron chi connectivity index (χ4n) is 4.45. The Kier molecular flexibility index (Phi) is 5.37. The minimum atomic E-state index is -0.300. The second kappa shape index (κ2) is 7.91. The van der Waals surface area contributed by atoms with Crippen LogP contribution in [-0.2, 0) is 6.54 Å². The van der Waals surface area contributed by atoms with Crippen molar-refractivity contribution in [1.82, 2.24) is 9.80 Å². The summed E-state index contributed by atoms with van der Waals surface area (Å²) in [6, 6.07) is 15.1. The van der Waals surface area contributed by atoms with E-state index in [0.29, 0.717) is 24.1 Å². The van der Waals surface area contributed by atoms with E-state index < -0.39 is 0 Å². The number of ketones is 1. The molecule has 0 saturated carbocycles. The average Bonchev–Trinajstić information content (AvgIpc) is 3.00. The van der Waals surface area contributed by atoms with Crippen molar-refractivity contribution in [3.8, 4) is 0 Å². The van der Waals surface area contributed by atoms with Gasteiger partial charge in [0.05, 0.1) is 6.54 Å². The Bertz CT molecular complexity index is 796. The lowest BCUT2D eigenvalue weighted by Crippen LogP contribution is -2.40. The van der Waals surface area contributed by atoms with Crippen LogP contribution >= 0.6 is 0 Å². The molecule has 0 N–H and O–H groups in total. The molecule has 1 fully saturated rings. The molecule has 4 rings (SSSR count). The first kappa shape index (κ1) is 18.3. The first-order valence-electron chi connectivity index (χ1n) is 9.93. The van der Waals surface area contributed by atoms with E-state index in [2.05, 4.69) is 41.0 Å². The highest BCUT2D eigenvalue weighted by atomic mass is 19.1. The van der Waals surface area contributed by atoms with E-state index in [0.717, 1.165) is 39.0 Å². The third kappa shape index (κ3) is 4.12. The summed E-state index contributed by atoms with van der Waals surface area (Å²) in [5.41, 5.74) is 3.54. The van der Waals surface area contributed by atoms with Gasteiger partial charge in [0, 0.05) is 24.7 Å². The van der Waals surface area contributed by atoms with Gasteiger partial charge in [-0.05, 0) is 74.2 Å². The van der Waals surface area contributed by atoms with Crippen molar-refractivity contribution in [2.45, 2.75) is 32.4 Å². The van der Waals surface area contributed by atoms with Crippen LogP contribution in [0.3, 0.4) is 0 Å². The number of halogens is 1. The molecule has 2 aromatic rings. The Hall–Kier alpha value is -2.04. The molecule has 2 aliphatic heterocycles. The summed E-state index contributed by atoms with van der Waals surface area (Å²) in [5, 5.41) is 0. The molecule has 2 heterocycles. The summed E-state index contributed by atoms with van der Waals surface area (Å²) in [5.74, 6) is 0.474. The summed E-state index contributed by atoms with van der Waals surface area (Å²) in [7, 11) is 0. The maximum Gasteiger partial charge on any atom is 0.176 e. The molecule has 0 aliphatic carbocycles. The number of Topliss-reactive ketones (excluding diaryl/α,β-unsaturated/α-hetero) is 1. The summed E-state index contributed by atoms with van der Waals surface area (Å²) in [6.45, 7) is 6.86. The predicted octanol–water partition coefficient (Wildman–Crippen LogP) is 4.30. The molecule has 0 amide bonds. The Labute approximate surface area is 160 Å². The van der Waals surface area contributed by atoms with Gasteiger partial charge < -0.3 is 0 Å². The fraction of sp³-hybridized carbons (Fsp3) is 0.435. The van der Waals surface area contributed by atoms with E-state index in [4.69, 9.17) is 0 Å². The van der Waals surface area contributed by atoms with Gasteiger partial charge in [-0.15, -0.1) is 0 Å². The highest BCUT2D eigenvalue weighted by Crippen LogP contribution is 2.34. The van der Waals surface area contributed by atoms with Crippen LogP contribution in [0.15, 0.2) is 48.5 Å². The number of fused-ring (bicyclic) bond motifs is 1. The van der Waals surface area contributed by atoms with Crippen LogP contribution in [-0.4, -0.2) is 41.8 Å². The zero-order chi connectivity index (χ0) is 18.8. The van der Waals surface area contributed by atoms with Gasteiger partial charge >= 0.3 is 0 Å². The van der Waals surface area contributed by atoms with Crippen LogP contribution in [0.25, 0.3) is 0 Å². The maximum absolute atomic E-state index is 13.0. The third-order valence-electron chi connectivity index (χ3n) is 6.16. The number of rotatable bonds is 5. The molecular formula is C23H27FN2O. The van der Waals surface area contributed by atoms with Crippen LogP contribution in [0.2, 0.25) is 0 Å². The standard InChI is InChI=1S/C23H27FN2O/c1-17-22-5-3-2-4-20(22)15-26(17)14-18-10-12-25(13-11-18)16-23(27)19-6-8-21(24)9-7-19/h2-9,17-18H,10-16H2,1H3. The van der Waals surface area contributed by atoms with Crippen molar-refractivity contribution in [3.05, 3.63) is 71.0 Å². The third-order valence-corrected chi connectivity index (χ3v) is 6.16. The Balaban J connectivity index is 1.26. The topological polar surface area (TPSA) is 23.6 Å². The van der Waals surface area contributed by atoms with E-state index in [9.17, 15) is 9.18 Å². The zero-order valence-electron chi connectivity index (χ0n) is 15.9. The van der Waals surface area contributed by atoms with Crippen molar-refractivity contribution in [3.63, 3.8) is 0 Å². The van der Waals surface area contributed by atoms with E-state index in [-0.39, 0.29) is 11.6 Å². The van der Waals surface area contributed by atoms with Gasteiger partial charge in [0.1, 0.15) is 5.82 Å². The second-order valence-electron chi connectivity index (χ2n) is 7.95. The molecule has 4 heteroatoms. The number of hydrogen-bond acceptors (Lipinski definition) is 3. The van der Waals surface area contributed by atoms with Gasteiger partial charge in [0.15, 0.2) is 5.78 Å². The fourth-order valence-corrected chi connectivity index (χ4v) is 4.45. The zero-order valence-corrected chi connectivity index (χ0v) is 15.9. The molecule has 0 spiro atoms. The molecule has 0 bridgehead atoms. The van der Waals surface area contributed by atoms with E-state index in [1.165, 1.54) is 23.3 Å². The normalized spacial score (nSPS) is 21.3. The maximum atomic E-state index is 13.0. The minimum absolute atomic E-state index is 0.0806.